The molecule has 0 saturated heterocycles. The van der Waals surface area contributed by atoms with Gasteiger partial charge in [-0.05, 0) is 27.7 Å². The van der Waals surface area contributed by atoms with E-state index in [-0.39, 0.29) is 0 Å². The third kappa shape index (κ3) is 8.22. The van der Waals surface area contributed by atoms with E-state index in [0.717, 1.165) is 0 Å². The first-order valence-electron chi connectivity index (χ1n) is 5.30. The van der Waals surface area contributed by atoms with Gasteiger partial charge in [-0.3, -0.25) is 13.6 Å². The largest absolute Gasteiger partial charge is 0.399 e. The lowest BCUT2D eigenvalue weighted by molar-refractivity contribution is 0.107. The van der Waals surface area contributed by atoms with Gasteiger partial charge in [0.25, 0.3) is 0 Å². The third-order valence-corrected chi connectivity index (χ3v) is 3.02. The molecule has 0 unspecified atom stereocenters. The number of oxime groups is 2. The Morgan fingerprint density at radius 1 is 0.889 bits per heavy atom. The summed E-state index contributed by atoms with van der Waals surface area (Å²) in [6.45, 7) is 6.77. The molecule has 18 heavy (non-hydrogen) atoms. The molecule has 0 aromatic rings. The van der Waals surface area contributed by atoms with Crippen LogP contribution in [0.15, 0.2) is 10.3 Å². The average Bonchev–Trinajstić information content (AvgIpc) is 2.22. The third-order valence-electron chi connectivity index (χ3n) is 1.63. The van der Waals surface area contributed by atoms with Gasteiger partial charge < -0.3 is 9.68 Å². The van der Waals surface area contributed by atoms with Gasteiger partial charge in [0, 0.05) is 0 Å². The van der Waals surface area contributed by atoms with Crippen LogP contribution in [0.25, 0.3) is 0 Å². The summed E-state index contributed by atoms with van der Waals surface area (Å²) in [6.07, 6.45) is 2.80. The molecular weight excluding hydrogens is 259 g/mol. The lowest BCUT2D eigenvalue weighted by Crippen LogP contribution is -2.27. The van der Waals surface area contributed by atoms with Crippen molar-refractivity contribution >= 4 is 20.7 Å². The minimum atomic E-state index is -2.71. The normalized spacial score (nSPS) is 13.7. The van der Waals surface area contributed by atoms with Crippen molar-refractivity contribution in [3.63, 3.8) is 0 Å². The van der Waals surface area contributed by atoms with Crippen LogP contribution in [0.2, 0.25) is 0 Å². The van der Waals surface area contributed by atoms with Gasteiger partial charge in [-0.25, -0.2) is 0 Å². The highest BCUT2D eigenvalue weighted by molar-refractivity contribution is 7.33. The Balaban J connectivity index is 4.42. The Hall–Kier alpha value is -0.910. The van der Waals surface area contributed by atoms with E-state index in [1.165, 1.54) is 26.6 Å². The van der Waals surface area contributed by atoms with Crippen molar-refractivity contribution in [2.45, 2.75) is 38.9 Å². The molecule has 0 radical (unpaired) electrons. The minimum absolute atomic E-state index is 0.847. The highest BCUT2D eigenvalue weighted by Crippen LogP contribution is 2.34. The molecule has 0 aliphatic rings. The number of nitrogens with zero attached hydrogens (tertiary/aromatic N) is 2. The van der Waals surface area contributed by atoms with Crippen LogP contribution in [-0.4, -0.2) is 37.9 Å². The van der Waals surface area contributed by atoms with Crippen molar-refractivity contribution < 1.29 is 23.3 Å². The van der Waals surface area contributed by atoms with Crippen LogP contribution in [0.3, 0.4) is 0 Å². The maximum Gasteiger partial charge on any atom is 0.320 e. The zero-order valence-corrected chi connectivity index (χ0v) is 12.6. The lowest BCUT2D eigenvalue weighted by atomic mass is 10.2. The highest BCUT2D eigenvalue weighted by Gasteiger charge is 2.25. The van der Waals surface area contributed by atoms with Gasteiger partial charge in [-0.2, -0.15) is 0 Å². The van der Waals surface area contributed by atoms with Crippen molar-refractivity contribution in [1.29, 1.82) is 0 Å². The van der Waals surface area contributed by atoms with Crippen molar-refractivity contribution in [3.05, 3.63) is 0 Å². The highest BCUT2D eigenvalue weighted by atomic mass is 31.1. The van der Waals surface area contributed by atoms with E-state index < -0.39 is 19.5 Å². The zero-order chi connectivity index (χ0) is 14.2. The molecule has 0 fully saturated rings. The summed E-state index contributed by atoms with van der Waals surface area (Å²) in [5.74, 6) is 0. The monoisotopic (exact) mass is 280 g/mol. The van der Waals surface area contributed by atoms with Crippen LogP contribution in [0, 0.1) is 0 Å². The molecule has 0 heterocycles. The van der Waals surface area contributed by atoms with Crippen LogP contribution >= 0.6 is 8.25 Å². The standard InChI is InChI=1S/C10H21N2O5P/c1-9(2,7-11-14-5)16-18(13)17-10(3,4)8-12-15-6/h7-8,18H,1-6H3/b11-7+,12-8+. The van der Waals surface area contributed by atoms with E-state index in [1.54, 1.807) is 27.7 Å². The predicted octanol–water partition coefficient (Wildman–Crippen LogP) is 2.23. The second-order valence-corrected chi connectivity index (χ2v) is 5.40. The van der Waals surface area contributed by atoms with Gasteiger partial charge in [0.1, 0.15) is 25.4 Å². The van der Waals surface area contributed by atoms with Crippen molar-refractivity contribution in [3.8, 4) is 0 Å². The Morgan fingerprint density at radius 3 is 1.50 bits per heavy atom. The maximum absolute atomic E-state index is 11.7. The van der Waals surface area contributed by atoms with Gasteiger partial charge in [-0.1, -0.05) is 10.3 Å². The van der Waals surface area contributed by atoms with Gasteiger partial charge in [0.2, 0.25) is 0 Å². The van der Waals surface area contributed by atoms with Crippen LogP contribution in [0.4, 0.5) is 0 Å². The Labute approximate surface area is 108 Å². The second kappa shape index (κ2) is 7.51. The molecule has 0 amide bonds. The summed E-state index contributed by atoms with van der Waals surface area (Å²) in [6, 6.07) is 0. The molecule has 0 aliphatic heterocycles. The molecule has 0 aromatic heterocycles. The van der Waals surface area contributed by atoms with Crippen molar-refractivity contribution in [1.82, 2.24) is 0 Å². The predicted molar refractivity (Wildman–Crippen MR) is 70.3 cm³/mol. The van der Waals surface area contributed by atoms with Gasteiger partial charge in [-0.15, -0.1) is 0 Å². The molecule has 0 rings (SSSR count). The average molecular weight is 280 g/mol. The van der Waals surface area contributed by atoms with Crippen LogP contribution < -0.4 is 0 Å². The number of rotatable bonds is 8. The summed E-state index contributed by atoms with van der Waals surface area (Å²) in [7, 11) is 0.119. The smallest absolute Gasteiger partial charge is 0.320 e. The van der Waals surface area contributed by atoms with E-state index >= 15 is 0 Å². The van der Waals surface area contributed by atoms with E-state index in [1.807, 2.05) is 0 Å². The second-order valence-electron chi connectivity index (χ2n) is 4.50. The molecular formula is C10H21N2O5P. The van der Waals surface area contributed by atoms with Crippen molar-refractivity contribution in [2.24, 2.45) is 10.3 Å². The molecule has 106 valence electrons. The fourth-order valence-electron chi connectivity index (χ4n) is 0.862. The van der Waals surface area contributed by atoms with E-state index in [4.69, 9.17) is 9.05 Å². The summed E-state index contributed by atoms with van der Waals surface area (Å²) in [5.41, 5.74) is -1.69. The Bertz CT molecular complexity index is 298. The molecule has 0 aromatic carbocycles. The minimum Gasteiger partial charge on any atom is -0.399 e. The number of hydrogen-bond acceptors (Lipinski definition) is 7. The Morgan fingerprint density at radius 2 is 1.22 bits per heavy atom. The molecule has 0 bridgehead atoms. The first-order chi connectivity index (χ1) is 8.22. The SMILES string of the molecule is CO/N=C/C(C)(C)O[PH](=O)OC(C)(C)/C=N/OC. The first-order valence-corrected chi connectivity index (χ1v) is 6.52. The van der Waals surface area contributed by atoms with Gasteiger partial charge >= 0.3 is 8.25 Å². The fraction of sp³-hybridized carbons (Fsp3) is 0.800. The van der Waals surface area contributed by atoms with Crippen LogP contribution in [0.5, 0.6) is 0 Å². The van der Waals surface area contributed by atoms with Gasteiger partial charge in [0.05, 0.1) is 12.4 Å². The van der Waals surface area contributed by atoms with Crippen LogP contribution in [0.1, 0.15) is 27.7 Å². The topological polar surface area (TPSA) is 78.7 Å². The molecule has 0 aliphatic carbocycles. The van der Waals surface area contributed by atoms with Gasteiger partial charge in [0.15, 0.2) is 0 Å². The van der Waals surface area contributed by atoms with E-state index in [0.29, 0.717) is 0 Å². The maximum atomic E-state index is 11.7. The van der Waals surface area contributed by atoms with E-state index in [9.17, 15) is 4.57 Å². The first kappa shape index (κ1) is 17.1. The Kier molecular flexibility index (Phi) is 7.13. The molecule has 0 N–H and O–H groups in total. The number of hydrogen-bond donors (Lipinski definition) is 0. The molecule has 0 spiro atoms. The van der Waals surface area contributed by atoms with Crippen molar-refractivity contribution in [2.75, 3.05) is 14.2 Å². The lowest BCUT2D eigenvalue weighted by Gasteiger charge is -2.24. The quantitative estimate of drug-likeness (QED) is 0.387. The summed E-state index contributed by atoms with van der Waals surface area (Å²) < 4.78 is 22.2. The summed E-state index contributed by atoms with van der Waals surface area (Å²) in [4.78, 5) is 9.07. The van der Waals surface area contributed by atoms with E-state index in [2.05, 4.69) is 20.0 Å². The molecule has 7 nitrogen and oxygen atoms in total. The summed E-state index contributed by atoms with van der Waals surface area (Å²) in [5, 5.41) is 7.14. The molecule has 8 heteroatoms. The zero-order valence-electron chi connectivity index (χ0n) is 11.6. The van der Waals surface area contributed by atoms with Crippen LogP contribution in [-0.2, 0) is 23.3 Å². The molecule has 0 atom stereocenters. The molecule has 0 saturated carbocycles. The summed E-state index contributed by atoms with van der Waals surface area (Å²) >= 11 is 0. The fourth-order valence-corrected chi connectivity index (χ4v) is 1.87.